The number of hydrogen-bond acceptors (Lipinski definition) is 3. The van der Waals surface area contributed by atoms with Crippen molar-refractivity contribution in [1.82, 2.24) is 5.32 Å². The fourth-order valence-corrected chi connectivity index (χ4v) is 3.78. The van der Waals surface area contributed by atoms with Crippen molar-refractivity contribution in [3.05, 3.63) is 52.2 Å². The van der Waals surface area contributed by atoms with Crippen molar-refractivity contribution in [3.63, 3.8) is 0 Å². The van der Waals surface area contributed by atoms with E-state index in [0.29, 0.717) is 6.42 Å². The summed E-state index contributed by atoms with van der Waals surface area (Å²) in [5.74, 6) is 0.0834. The zero-order valence-corrected chi connectivity index (χ0v) is 14.4. The van der Waals surface area contributed by atoms with E-state index in [9.17, 15) is 4.79 Å². The van der Waals surface area contributed by atoms with Gasteiger partial charge >= 0.3 is 0 Å². The summed E-state index contributed by atoms with van der Waals surface area (Å²) >= 11 is 1.63. The molecule has 1 atom stereocenters. The van der Waals surface area contributed by atoms with Gasteiger partial charge in [-0.15, -0.1) is 11.3 Å². The standard InChI is InChI=1S/C19H24N2OS/c1-15(20-19(22)14-18-6-5-13-23-18)16-7-9-17(10-8-16)21-11-3-2-4-12-21/h5-10,13,15H,2-4,11-12,14H2,1H3,(H,20,22)/t15-/m0/s1. The van der Waals surface area contributed by atoms with Crippen LogP contribution in [0.25, 0.3) is 0 Å². The van der Waals surface area contributed by atoms with Gasteiger partial charge in [-0.05, 0) is 55.3 Å². The molecule has 0 radical (unpaired) electrons. The minimum absolute atomic E-state index is 0.0397. The molecule has 1 aliphatic heterocycles. The van der Waals surface area contributed by atoms with E-state index in [4.69, 9.17) is 0 Å². The minimum Gasteiger partial charge on any atom is -0.372 e. The summed E-state index contributed by atoms with van der Waals surface area (Å²) in [6, 6.07) is 12.7. The summed E-state index contributed by atoms with van der Waals surface area (Å²) in [6.07, 6.45) is 4.39. The van der Waals surface area contributed by atoms with E-state index < -0.39 is 0 Å². The summed E-state index contributed by atoms with van der Waals surface area (Å²) < 4.78 is 0. The topological polar surface area (TPSA) is 32.3 Å². The molecular formula is C19H24N2OS. The number of nitrogens with one attached hydrogen (secondary N) is 1. The first-order valence-electron chi connectivity index (χ1n) is 8.39. The zero-order valence-electron chi connectivity index (χ0n) is 13.6. The fraction of sp³-hybridized carbons (Fsp3) is 0.421. The van der Waals surface area contributed by atoms with Gasteiger partial charge in [0.25, 0.3) is 0 Å². The van der Waals surface area contributed by atoms with Gasteiger partial charge in [0.15, 0.2) is 0 Å². The summed E-state index contributed by atoms with van der Waals surface area (Å²) in [6.45, 7) is 4.36. The highest BCUT2D eigenvalue weighted by Crippen LogP contribution is 2.22. The number of thiophene rings is 1. The van der Waals surface area contributed by atoms with E-state index in [1.165, 1.54) is 24.9 Å². The van der Waals surface area contributed by atoms with Crippen molar-refractivity contribution in [3.8, 4) is 0 Å². The molecule has 1 N–H and O–H groups in total. The molecule has 2 heterocycles. The molecule has 0 spiro atoms. The van der Waals surface area contributed by atoms with E-state index in [2.05, 4.69) is 34.5 Å². The van der Waals surface area contributed by atoms with Crippen LogP contribution in [0.15, 0.2) is 41.8 Å². The molecule has 3 nitrogen and oxygen atoms in total. The van der Waals surface area contributed by atoms with Crippen LogP contribution < -0.4 is 10.2 Å². The van der Waals surface area contributed by atoms with Crippen molar-refractivity contribution >= 4 is 22.9 Å². The molecule has 1 aromatic heterocycles. The lowest BCUT2D eigenvalue weighted by atomic mass is 10.1. The summed E-state index contributed by atoms with van der Waals surface area (Å²) in [5, 5.41) is 5.09. The Balaban J connectivity index is 1.56. The first-order valence-corrected chi connectivity index (χ1v) is 9.27. The van der Waals surface area contributed by atoms with Crippen LogP contribution in [0.4, 0.5) is 5.69 Å². The molecule has 1 fully saturated rings. The van der Waals surface area contributed by atoms with Gasteiger partial charge in [-0.3, -0.25) is 4.79 Å². The lowest BCUT2D eigenvalue weighted by molar-refractivity contribution is -0.121. The first-order chi connectivity index (χ1) is 11.2. The number of nitrogens with zero attached hydrogens (tertiary/aromatic N) is 1. The van der Waals surface area contributed by atoms with E-state index in [0.717, 1.165) is 23.5 Å². The lowest BCUT2D eigenvalue weighted by Crippen LogP contribution is -2.29. The second-order valence-electron chi connectivity index (χ2n) is 6.18. The van der Waals surface area contributed by atoms with Crippen LogP contribution >= 0.6 is 11.3 Å². The van der Waals surface area contributed by atoms with E-state index in [1.54, 1.807) is 11.3 Å². The molecular weight excluding hydrogens is 304 g/mol. The predicted molar refractivity (Wildman–Crippen MR) is 97.1 cm³/mol. The van der Waals surface area contributed by atoms with Crippen molar-refractivity contribution in [2.45, 2.75) is 38.6 Å². The number of anilines is 1. The predicted octanol–water partition coefficient (Wildman–Crippen LogP) is 4.16. The SMILES string of the molecule is C[C@H](NC(=O)Cc1cccs1)c1ccc(N2CCCCC2)cc1. The second kappa shape index (κ2) is 7.64. The summed E-state index contributed by atoms with van der Waals surface area (Å²) in [4.78, 5) is 15.7. The molecule has 1 aromatic carbocycles. The van der Waals surface area contributed by atoms with E-state index in [1.807, 2.05) is 24.4 Å². The summed E-state index contributed by atoms with van der Waals surface area (Å²) in [5.41, 5.74) is 2.45. The van der Waals surface area contributed by atoms with Gasteiger partial charge in [-0.1, -0.05) is 18.2 Å². The average Bonchev–Trinajstić information content (AvgIpc) is 3.08. The third-order valence-electron chi connectivity index (χ3n) is 4.41. The van der Waals surface area contributed by atoms with Crippen LogP contribution in [0, 0.1) is 0 Å². The summed E-state index contributed by atoms with van der Waals surface area (Å²) in [7, 11) is 0. The molecule has 23 heavy (non-hydrogen) atoms. The Morgan fingerprint density at radius 2 is 1.91 bits per heavy atom. The molecule has 122 valence electrons. The maximum atomic E-state index is 12.1. The highest BCUT2D eigenvalue weighted by molar-refractivity contribution is 7.10. The van der Waals surface area contributed by atoms with Crippen LogP contribution in [0.5, 0.6) is 0 Å². The monoisotopic (exact) mass is 328 g/mol. The number of piperidine rings is 1. The Labute approximate surface area is 142 Å². The third kappa shape index (κ3) is 4.35. The van der Waals surface area contributed by atoms with Gasteiger partial charge in [-0.2, -0.15) is 0 Å². The van der Waals surface area contributed by atoms with Gasteiger partial charge in [0, 0.05) is 23.7 Å². The Bertz CT molecular complexity index is 615. The number of amides is 1. The van der Waals surface area contributed by atoms with Crippen molar-refractivity contribution in [1.29, 1.82) is 0 Å². The molecule has 4 heteroatoms. The number of hydrogen-bond donors (Lipinski definition) is 1. The third-order valence-corrected chi connectivity index (χ3v) is 5.28. The average molecular weight is 328 g/mol. The lowest BCUT2D eigenvalue weighted by Gasteiger charge is -2.29. The fourth-order valence-electron chi connectivity index (χ4n) is 3.07. The zero-order chi connectivity index (χ0) is 16.1. The van der Waals surface area contributed by atoms with Gasteiger partial charge in [-0.25, -0.2) is 0 Å². The highest BCUT2D eigenvalue weighted by Gasteiger charge is 2.13. The van der Waals surface area contributed by atoms with E-state index in [-0.39, 0.29) is 11.9 Å². The normalized spacial score (nSPS) is 16.1. The minimum atomic E-state index is 0.0397. The van der Waals surface area contributed by atoms with Crippen LogP contribution in [0.2, 0.25) is 0 Å². The molecule has 0 bridgehead atoms. The molecule has 1 aliphatic rings. The first kappa shape index (κ1) is 16.1. The Morgan fingerprint density at radius 3 is 2.57 bits per heavy atom. The van der Waals surface area contributed by atoms with Gasteiger partial charge in [0.05, 0.1) is 12.5 Å². The number of rotatable bonds is 5. The Morgan fingerprint density at radius 1 is 1.17 bits per heavy atom. The molecule has 2 aromatic rings. The molecule has 1 saturated heterocycles. The van der Waals surface area contributed by atoms with Gasteiger partial charge < -0.3 is 10.2 Å². The van der Waals surface area contributed by atoms with Gasteiger partial charge in [0.2, 0.25) is 5.91 Å². The molecule has 0 saturated carbocycles. The molecule has 0 unspecified atom stereocenters. The maximum absolute atomic E-state index is 12.1. The van der Waals surface area contributed by atoms with Crippen LogP contribution in [-0.4, -0.2) is 19.0 Å². The van der Waals surface area contributed by atoms with Crippen molar-refractivity contribution < 1.29 is 4.79 Å². The largest absolute Gasteiger partial charge is 0.372 e. The number of benzene rings is 1. The van der Waals surface area contributed by atoms with Gasteiger partial charge in [0.1, 0.15) is 0 Å². The Kier molecular flexibility index (Phi) is 5.34. The molecule has 1 amide bonds. The van der Waals surface area contributed by atoms with Crippen LogP contribution in [-0.2, 0) is 11.2 Å². The Hall–Kier alpha value is -1.81. The number of carbonyl (C=O) groups excluding carboxylic acids is 1. The highest BCUT2D eigenvalue weighted by atomic mass is 32.1. The van der Waals surface area contributed by atoms with Crippen LogP contribution in [0.3, 0.4) is 0 Å². The van der Waals surface area contributed by atoms with Crippen molar-refractivity contribution in [2.75, 3.05) is 18.0 Å². The molecule has 0 aliphatic carbocycles. The second-order valence-corrected chi connectivity index (χ2v) is 7.22. The van der Waals surface area contributed by atoms with E-state index >= 15 is 0 Å². The maximum Gasteiger partial charge on any atom is 0.225 e. The number of carbonyl (C=O) groups is 1. The smallest absolute Gasteiger partial charge is 0.225 e. The quantitative estimate of drug-likeness (QED) is 0.894. The van der Waals surface area contributed by atoms with Crippen LogP contribution in [0.1, 0.15) is 42.7 Å². The molecule has 3 rings (SSSR count). The van der Waals surface area contributed by atoms with Crippen molar-refractivity contribution in [2.24, 2.45) is 0 Å².